The van der Waals surface area contributed by atoms with Crippen molar-refractivity contribution in [2.75, 3.05) is 0 Å². The molecule has 0 heterocycles. The Labute approximate surface area is 70.8 Å². The minimum Gasteiger partial charge on any atom is -0.393 e. The molecule has 0 bridgehead atoms. The summed E-state index contributed by atoms with van der Waals surface area (Å²) in [5.74, 6) is 0. The molecule has 0 spiro atoms. The van der Waals surface area contributed by atoms with Crippen molar-refractivity contribution in [3.8, 4) is 0 Å². The fourth-order valence-corrected chi connectivity index (χ4v) is 1.08. The molecule has 68 valence electrons. The first-order chi connectivity index (χ1) is 4.95. The Bertz CT molecular complexity index is 91.5. The normalized spacial score (nSPS) is 15.0. The lowest BCUT2D eigenvalue weighted by Gasteiger charge is -2.19. The van der Waals surface area contributed by atoms with Crippen LogP contribution in [0.1, 0.15) is 53.4 Å². The van der Waals surface area contributed by atoms with Gasteiger partial charge in [-0.1, -0.05) is 34.1 Å². The lowest BCUT2D eigenvalue weighted by atomic mass is 9.88. The zero-order chi connectivity index (χ0) is 8.91. The molecule has 0 aliphatic heterocycles. The predicted octanol–water partition coefficient (Wildman–Crippen LogP) is 2.97. The van der Waals surface area contributed by atoms with Gasteiger partial charge < -0.3 is 5.11 Å². The van der Waals surface area contributed by atoms with Crippen LogP contribution in [0.4, 0.5) is 0 Å². The Balaban J connectivity index is 3.38. The summed E-state index contributed by atoms with van der Waals surface area (Å²) >= 11 is 0. The van der Waals surface area contributed by atoms with Crippen molar-refractivity contribution < 1.29 is 5.11 Å². The van der Waals surface area contributed by atoms with E-state index in [1.807, 2.05) is 0 Å². The summed E-state index contributed by atoms with van der Waals surface area (Å²) in [5.41, 5.74) is 0.370. The fraction of sp³-hybridized carbons (Fsp3) is 1.00. The topological polar surface area (TPSA) is 20.2 Å². The van der Waals surface area contributed by atoms with Gasteiger partial charge in [-0.05, 0) is 24.7 Å². The summed E-state index contributed by atoms with van der Waals surface area (Å²) in [7, 11) is 0. The van der Waals surface area contributed by atoms with Crippen molar-refractivity contribution in [2.24, 2.45) is 5.41 Å². The zero-order valence-corrected chi connectivity index (χ0v) is 8.35. The van der Waals surface area contributed by atoms with Crippen LogP contribution in [-0.2, 0) is 0 Å². The van der Waals surface area contributed by atoms with Crippen molar-refractivity contribution in [3.05, 3.63) is 0 Å². The van der Waals surface area contributed by atoms with Crippen LogP contribution >= 0.6 is 0 Å². The Morgan fingerprint density at radius 3 is 2.09 bits per heavy atom. The molecule has 1 nitrogen and oxygen atoms in total. The SMILES string of the molecule is CCCC(O)CCC(C)(C)C. The minimum atomic E-state index is -0.0702. The zero-order valence-electron chi connectivity index (χ0n) is 8.35. The lowest BCUT2D eigenvalue weighted by Crippen LogP contribution is -2.12. The van der Waals surface area contributed by atoms with Crippen LogP contribution in [0.3, 0.4) is 0 Å². The first kappa shape index (κ1) is 11.0. The monoisotopic (exact) mass is 158 g/mol. The van der Waals surface area contributed by atoms with Gasteiger partial charge in [0.25, 0.3) is 0 Å². The smallest absolute Gasteiger partial charge is 0.0540 e. The number of hydrogen-bond donors (Lipinski definition) is 1. The third-order valence-electron chi connectivity index (χ3n) is 1.85. The van der Waals surface area contributed by atoms with Gasteiger partial charge in [-0.25, -0.2) is 0 Å². The summed E-state index contributed by atoms with van der Waals surface area (Å²) in [4.78, 5) is 0. The molecule has 0 saturated heterocycles. The van der Waals surface area contributed by atoms with E-state index in [1.54, 1.807) is 0 Å². The van der Waals surface area contributed by atoms with E-state index in [2.05, 4.69) is 27.7 Å². The molecule has 0 saturated carbocycles. The van der Waals surface area contributed by atoms with Crippen LogP contribution in [0, 0.1) is 5.41 Å². The first-order valence-electron chi connectivity index (χ1n) is 4.64. The van der Waals surface area contributed by atoms with Crippen LogP contribution in [-0.4, -0.2) is 11.2 Å². The van der Waals surface area contributed by atoms with E-state index < -0.39 is 0 Å². The molecule has 0 fully saturated rings. The molecule has 1 atom stereocenters. The third-order valence-corrected chi connectivity index (χ3v) is 1.85. The van der Waals surface area contributed by atoms with Gasteiger partial charge in [-0.15, -0.1) is 0 Å². The Kier molecular flexibility index (Phi) is 4.74. The lowest BCUT2D eigenvalue weighted by molar-refractivity contribution is 0.136. The highest BCUT2D eigenvalue weighted by Gasteiger charge is 2.12. The van der Waals surface area contributed by atoms with Gasteiger partial charge in [-0.3, -0.25) is 0 Å². The van der Waals surface area contributed by atoms with Crippen LogP contribution in [0.2, 0.25) is 0 Å². The largest absolute Gasteiger partial charge is 0.393 e. The highest BCUT2D eigenvalue weighted by Crippen LogP contribution is 2.22. The van der Waals surface area contributed by atoms with Gasteiger partial charge in [0.2, 0.25) is 0 Å². The molecule has 0 aliphatic carbocycles. The first-order valence-corrected chi connectivity index (χ1v) is 4.64. The van der Waals surface area contributed by atoms with Gasteiger partial charge in [0.15, 0.2) is 0 Å². The molecule has 1 unspecified atom stereocenters. The van der Waals surface area contributed by atoms with Crippen LogP contribution in [0.15, 0.2) is 0 Å². The Morgan fingerprint density at radius 2 is 1.73 bits per heavy atom. The highest BCUT2D eigenvalue weighted by molar-refractivity contribution is 4.64. The van der Waals surface area contributed by atoms with E-state index >= 15 is 0 Å². The van der Waals surface area contributed by atoms with Crippen molar-refractivity contribution in [1.82, 2.24) is 0 Å². The molecule has 0 aromatic heterocycles. The molecule has 0 radical (unpaired) electrons. The second-order valence-electron chi connectivity index (χ2n) is 4.54. The molecular formula is C10H22O. The van der Waals surface area contributed by atoms with E-state index in [-0.39, 0.29) is 6.10 Å². The van der Waals surface area contributed by atoms with Gasteiger partial charge in [0.05, 0.1) is 6.10 Å². The molecule has 1 N–H and O–H groups in total. The molecular weight excluding hydrogens is 136 g/mol. The Morgan fingerprint density at radius 1 is 1.18 bits per heavy atom. The highest BCUT2D eigenvalue weighted by atomic mass is 16.3. The van der Waals surface area contributed by atoms with Crippen molar-refractivity contribution >= 4 is 0 Å². The van der Waals surface area contributed by atoms with Crippen LogP contribution in [0.25, 0.3) is 0 Å². The van der Waals surface area contributed by atoms with Gasteiger partial charge in [0.1, 0.15) is 0 Å². The Hall–Kier alpha value is -0.0400. The minimum absolute atomic E-state index is 0.0702. The average Bonchev–Trinajstić information content (AvgIpc) is 1.83. The third kappa shape index (κ3) is 7.86. The molecule has 0 aromatic carbocycles. The fourth-order valence-electron chi connectivity index (χ4n) is 1.08. The van der Waals surface area contributed by atoms with Crippen LogP contribution in [0.5, 0.6) is 0 Å². The second-order valence-corrected chi connectivity index (χ2v) is 4.54. The standard InChI is InChI=1S/C10H22O/c1-5-6-9(11)7-8-10(2,3)4/h9,11H,5-8H2,1-4H3. The summed E-state index contributed by atoms with van der Waals surface area (Å²) in [6.45, 7) is 8.75. The number of aliphatic hydroxyl groups is 1. The summed E-state index contributed by atoms with van der Waals surface area (Å²) in [5, 5.41) is 9.41. The van der Waals surface area contributed by atoms with Gasteiger partial charge in [-0.2, -0.15) is 0 Å². The number of rotatable bonds is 4. The molecule has 0 rings (SSSR count). The van der Waals surface area contributed by atoms with E-state index in [0.717, 1.165) is 25.7 Å². The average molecular weight is 158 g/mol. The van der Waals surface area contributed by atoms with E-state index in [4.69, 9.17) is 0 Å². The molecule has 0 amide bonds. The second kappa shape index (κ2) is 4.76. The number of aliphatic hydroxyl groups excluding tert-OH is 1. The maximum atomic E-state index is 9.41. The number of hydrogen-bond acceptors (Lipinski definition) is 1. The van der Waals surface area contributed by atoms with Gasteiger partial charge in [0, 0.05) is 0 Å². The van der Waals surface area contributed by atoms with Gasteiger partial charge >= 0.3 is 0 Å². The predicted molar refractivity (Wildman–Crippen MR) is 49.6 cm³/mol. The van der Waals surface area contributed by atoms with E-state index in [9.17, 15) is 5.11 Å². The molecule has 0 aliphatic rings. The van der Waals surface area contributed by atoms with Crippen molar-refractivity contribution in [1.29, 1.82) is 0 Å². The maximum absolute atomic E-state index is 9.41. The molecule has 11 heavy (non-hydrogen) atoms. The van der Waals surface area contributed by atoms with Crippen LogP contribution < -0.4 is 0 Å². The quantitative estimate of drug-likeness (QED) is 0.667. The maximum Gasteiger partial charge on any atom is 0.0540 e. The molecule has 1 heteroatoms. The van der Waals surface area contributed by atoms with E-state index in [1.165, 1.54) is 0 Å². The van der Waals surface area contributed by atoms with Crippen molar-refractivity contribution in [2.45, 2.75) is 59.5 Å². The molecule has 0 aromatic rings. The summed E-state index contributed by atoms with van der Waals surface area (Å²) in [6.07, 6.45) is 4.05. The van der Waals surface area contributed by atoms with Crippen molar-refractivity contribution in [3.63, 3.8) is 0 Å². The summed E-state index contributed by atoms with van der Waals surface area (Å²) in [6, 6.07) is 0. The summed E-state index contributed by atoms with van der Waals surface area (Å²) < 4.78 is 0. The van der Waals surface area contributed by atoms with E-state index in [0.29, 0.717) is 5.41 Å².